The molecule has 1 saturated heterocycles. The maximum Gasteiger partial charge on any atom is 0.354 e. The zero-order valence-corrected chi connectivity index (χ0v) is 12.3. The van der Waals surface area contributed by atoms with Crippen molar-refractivity contribution in [3.8, 4) is 5.75 Å². The van der Waals surface area contributed by atoms with Gasteiger partial charge in [-0.25, -0.2) is 9.78 Å². The largest absolute Gasteiger partial charge is 0.480 e. The summed E-state index contributed by atoms with van der Waals surface area (Å²) in [6.07, 6.45) is 3.68. The number of carboxylic acid groups (broad SMARTS) is 1. The van der Waals surface area contributed by atoms with E-state index in [0.29, 0.717) is 17.1 Å². The van der Waals surface area contributed by atoms with Gasteiger partial charge in [-0.2, -0.15) is 0 Å². The number of rotatable bonds is 4. The molecular formula is C15H17N3O4. The number of imidazole rings is 1. The SMILES string of the molecule is Cc1nc2c(OCC(=O)N3CCCC3)cccn2c1C(=O)O. The summed E-state index contributed by atoms with van der Waals surface area (Å²) in [7, 11) is 0. The molecule has 0 saturated carbocycles. The second-order valence-corrected chi connectivity index (χ2v) is 5.29. The predicted octanol–water partition coefficient (Wildman–Crippen LogP) is 1.34. The Labute approximate surface area is 127 Å². The van der Waals surface area contributed by atoms with Crippen molar-refractivity contribution in [1.82, 2.24) is 14.3 Å². The molecule has 1 amide bonds. The highest BCUT2D eigenvalue weighted by atomic mass is 16.5. The topological polar surface area (TPSA) is 84.1 Å². The fraction of sp³-hybridized carbons (Fsp3) is 0.400. The van der Waals surface area contributed by atoms with Crippen molar-refractivity contribution >= 4 is 17.5 Å². The minimum absolute atomic E-state index is 0.0544. The molecule has 0 atom stereocenters. The highest BCUT2D eigenvalue weighted by Crippen LogP contribution is 2.22. The summed E-state index contributed by atoms with van der Waals surface area (Å²) >= 11 is 0. The average Bonchev–Trinajstić information content (AvgIpc) is 3.11. The molecule has 3 heterocycles. The van der Waals surface area contributed by atoms with Crippen LogP contribution in [0.2, 0.25) is 0 Å². The number of carbonyl (C=O) groups excluding carboxylic acids is 1. The fourth-order valence-corrected chi connectivity index (χ4v) is 2.72. The van der Waals surface area contributed by atoms with Crippen LogP contribution in [0.3, 0.4) is 0 Å². The second-order valence-electron chi connectivity index (χ2n) is 5.29. The first-order valence-corrected chi connectivity index (χ1v) is 7.19. The van der Waals surface area contributed by atoms with Crippen molar-refractivity contribution in [3.63, 3.8) is 0 Å². The molecule has 7 nitrogen and oxygen atoms in total. The molecular weight excluding hydrogens is 286 g/mol. The average molecular weight is 303 g/mol. The number of hydrogen-bond acceptors (Lipinski definition) is 4. The summed E-state index contributed by atoms with van der Waals surface area (Å²) in [5.41, 5.74) is 0.923. The van der Waals surface area contributed by atoms with Crippen LogP contribution in [0.4, 0.5) is 0 Å². The number of aromatic nitrogens is 2. The van der Waals surface area contributed by atoms with E-state index in [1.165, 1.54) is 4.40 Å². The van der Waals surface area contributed by atoms with Crippen molar-refractivity contribution in [2.45, 2.75) is 19.8 Å². The summed E-state index contributed by atoms with van der Waals surface area (Å²) in [5.74, 6) is -0.692. The Bertz CT molecular complexity index is 732. The third-order valence-electron chi connectivity index (χ3n) is 3.80. The van der Waals surface area contributed by atoms with Gasteiger partial charge in [-0.3, -0.25) is 9.20 Å². The van der Waals surface area contributed by atoms with Crippen LogP contribution in [0, 0.1) is 6.92 Å². The van der Waals surface area contributed by atoms with Gasteiger partial charge in [0.1, 0.15) is 0 Å². The molecule has 3 rings (SSSR count). The Morgan fingerprint density at radius 3 is 2.77 bits per heavy atom. The predicted molar refractivity (Wildman–Crippen MR) is 78.2 cm³/mol. The third-order valence-corrected chi connectivity index (χ3v) is 3.80. The van der Waals surface area contributed by atoms with E-state index >= 15 is 0 Å². The van der Waals surface area contributed by atoms with E-state index in [2.05, 4.69) is 4.98 Å². The maximum atomic E-state index is 12.0. The monoisotopic (exact) mass is 303 g/mol. The van der Waals surface area contributed by atoms with E-state index < -0.39 is 5.97 Å². The van der Waals surface area contributed by atoms with Crippen LogP contribution in [0.15, 0.2) is 18.3 Å². The third kappa shape index (κ3) is 2.49. The van der Waals surface area contributed by atoms with Gasteiger partial charge in [0.15, 0.2) is 23.7 Å². The number of likely N-dealkylation sites (tertiary alicyclic amines) is 1. The summed E-state index contributed by atoms with van der Waals surface area (Å²) in [6.45, 7) is 3.12. The summed E-state index contributed by atoms with van der Waals surface area (Å²) in [4.78, 5) is 29.3. The first-order valence-electron chi connectivity index (χ1n) is 7.19. The van der Waals surface area contributed by atoms with E-state index in [0.717, 1.165) is 25.9 Å². The molecule has 0 bridgehead atoms. The van der Waals surface area contributed by atoms with Crippen molar-refractivity contribution < 1.29 is 19.4 Å². The van der Waals surface area contributed by atoms with Crippen molar-refractivity contribution in [2.24, 2.45) is 0 Å². The molecule has 2 aromatic heterocycles. The highest BCUT2D eigenvalue weighted by Gasteiger charge is 2.20. The van der Waals surface area contributed by atoms with Gasteiger partial charge in [-0.05, 0) is 31.9 Å². The molecule has 22 heavy (non-hydrogen) atoms. The Hall–Kier alpha value is -2.57. The minimum atomic E-state index is -1.05. The molecule has 0 radical (unpaired) electrons. The lowest BCUT2D eigenvalue weighted by molar-refractivity contribution is -0.132. The quantitative estimate of drug-likeness (QED) is 0.921. The second kappa shape index (κ2) is 5.67. The van der Waals surface area contributed by atoms with Crippen molar-refractivity contribution in [1.29, 1.82) is 0 Å². The number of pyridine rings is 1. The van der Waals surface area contributed by atoms with Crippen LogP contribution in [-0.2, 0) is 4.79 Å². The van der Waals surface area contributed by atoms with Crippen LogP contribution in [-0.4, -0.2) is 51.0 Å². The van der Waals surface area contributed by atoms with Crippen molar-refractivity contribution in [3.05, 3.63) is 29.7 Å². The Morgan fingerprint density at radius 1 is 1.36 bits per heavy atom. The van der Waals surface area contributed by atoms with Crippen LogP contribution < -0.4 is 4.74 Å². The van der Waals surface area contributed by atoms with E-state index in [4.69, 9.17) is 4.74 Å². The lowest BCUT2D eigenvalue weighted by atomic mass is 10.3. The maximum absolute atomic E-state index is 12.0. The minimum Gasteiger partial charge on any atom is -0.480 e. The Morgan fingerprint density at radius 2 is 2.09 bits per heavy atom. The van der Waals surface area contributed by atoms with Gasteiger partial charge in [0.05, 0.1) is 5.69 Å². The molecule has 1 N–H and O–H groups in total. The number of aryl methyl sites for hydroxylation is 1. The smallest absolute Gasteiger partial charge is 0.354 e. The molecule has 0 aromatic carbocycles. The fourth-order valence-electron chi connectivity index (χ4n) is 2.72. The number of hydrogen-bond donors (Lipinski definition) is 1. The van der Waals surface area contributed by atoms with Gasteiger partial charge in [0, 0.05) is 19.3 Å². The van der Waals surface area contributed by atoms with E-state index in [1.807, 2.05) is 0 Å². The zero-order chi connectivity index (χ0) is 15.7. The number of aromatic carboxylic acids is 1. The van der Waals surface area contributed by atoms with Crippen molar-refractivity contribution in [2.75, 3.05) is 19.7 Å². The van der Waals surface area contributed by atoms with Crippen LogP contribution in [0.25, 0.3) is 5.65 Å². The highest BCUT2D eigenvalue weighted by molar-refractivity contribution is 5.88. The van der Waals surface area contributed by atoms with Gasteiger partial charge in [0.25, 0.3) is 5.91 Å². The van der Waals surface area contributed by atoms with E-state index in [9.17, 15) is 14.7 Å². The normalized spacial score (nSPS) is 14.5. The molecule has 1 aliphatic rings. The number of carbonyl (C=O) groups is 2. The molecule has 1 aliphatic heterocycles. The van der Waals surface area contributed by atoms with Gasteiger partial charge in [0.2, 0.25) is 0 Å². The molecule has 1 fully saturated rings. The van der Waals surface area contributed by atoms with Gasteiger partial charge in [-0.15, -0.1) is 0 Å². The Kier molecular flexibility index (Phi) is 3.70. The molecule has 0 unspecified atom stereocenters. The molecule has 116 valence electrons. The number of amides is 1. The first-order chi connectivity index (χ1) is 10.6. The summed E-state index contributed by atoms with van der Waals surface area (Å²) in [5, 5.41) is 9.24. The van der Waals surface area contributed by atoms with Crippen LogP contribution in [0.1, 0.15) is 29.0 Å². The van der Waals surface area contributed by atoms with Gasteiger partial charge >= 0.3 is 5.97 Å². The summed E-state index contributed by atoms with van der Waals surface area (Å²) in [6, 6.07) is 3.36. The molecule has 0 aliphatic carbocycles. The van der Waals surface area contributed by atoms with Crippen LogP contribution in [0.5, 0.6) is 5.75 Å². The molecule has 0 spiro atoms. The lowest BCUT2D eigenvalue weighted by Crippen LogP contribution is -2.32. The number of ether oxygens (including phenoxy) is 1. The standard InChI is InChI=1S/C15H17N3O4/c1-10-13(15(20)21)18-8-4-5-11(14(18)16-10)22-9-12(19)17-6-2-3-7-17/h4-5,8H,2-3,6-7,9H2,1H3,(H,20,21). The zero-order valence-electron chi connectivity index (χ0n) is 12.3. The molecule has 2 aromatic rings. The first kappa shape index (κ1) is 14.4. The molecule has 7 heteroatoms. The number of fused-ring (bicyclic) bond motifs is 1. The Balaban J connectivity index is 1.83. The van der Waals surface area contributed by atoms with E-state index in [1.54, 1.807) is 30.2 Å². The number of nitrogens with zero attached hydrogens (tertiary/aromatic N) is 3. The van der Waals surface area contributed by atoms with Crippen LogP contribution >= 0.6 is 0 Å². The van der Waals surface area contributed by atoms with Gasteiger partial charge in [-0.1, -0.05) is 0 Å². The summed E-state index contributed by atoms with van der Waals surface area (Å²) < 4.78 is 7.04. The number of carboxylic acids is 1. The van der Waals surface area contributed by atoms with E-state index in [-0.39, 0.29) is 18.2 Å². The lowest BCUT2D eigenvalue weighted by Gasteiger charge is -2.15. The van der Waals surface area contributed by atoms with Gasteiger partial charge < -0.3 is 14.7 Å².